The fourth-order valence-electron chi connectivity index (χ4n) is 3.50. The molecule has 0 spiro atoms. The highest BCUT2D eigenvalue weighted by molar-refractivity contribution is 6.32. The van der Waals surface area contributed by atoms with Gasteiger partial charge in [-0.3, -0.25) is 4.98 Å². The van der Waals surface area contributed by atoms with Crippen LogP contribution in [-0.4, -0.2) is 31.6 Å². The molecule has 2 N–H and O–H groups in total. The third kappa shape index (κ3) is 6.74. The molecule has 1 unspecified atom stereocenters. The predicted molar refractivity (Wildman–Crippen MR) is 115 cm³/mol. The van der Waals surface area contributed by atoms with Gasteiger partial charge in [-0.1, -0.05) is 41.9 Å². The summed E-state index contributed by atoms with van der Waals surface area (Å²) in [6.07, 6.45) is -8.80. The summed E-state index contributed by atoms with van der Waals surface area (Å²) in [4.78, 5) is 16.7. The SMILES string of the molecule is [B]c1ccc(C(Cc2ccccc2)(NC(=O)NCC(F)(F)F)c2cc(F)cc(C(F)(F)F)c2)nc1. The minimum absolute atomic E-state index is 0.0727. The van der Waals surface area contributed by atoms with Gasteiger partial charge in [-0.05, 0) is 35.4 Å². The second-order valence-corrected chi connectivity index (χ2v) is 7.69. The maximum atomic E-state index is 14.4. The largest absolute Gasteiger partial charge is 0.416 e. The average Bonchev–Trinajstić information content (AvgIpc) is 2.77. The first-order valence-corrected chi connectivity index (χ1v) is 10.1. The molecule has 0 saturated heterocycles. The van der Waals surface area contributed by atoms with E-state index in [4.69, 9.17) is 7.85 Å². The minimum Gasteiger partial charge on any atom is -0.329 e. The van der Waals surface area contributed by atoms with Crippen molar-refractivity contribution in [2.45, 2.75) is 24.3 Å². The normalized spacial score (nSPS) is 13.7. The van der Waals surface area contributed by atoms with Crippen molar-refractivity contribution in [1.29, 1.82) is 0 Å². The summed E-state index contributed by atoms with van der Waals surface area (Å²) < 4.78 is 93.0. The third-order valence-electron chi connectivity index (χ3n) is 5.03. The van der Waals surface area contributed by atoms with Crippen molar-refractivity contribution >= 4 is 19.3 Å². The number of pyridine rings is 1. The minimum atomic E-state index is -4.94. The van der Waals surface area contributed by atoms with Crippen molar-refractivity contribution in [2.75, 3.05) is 6.54 Å². The second kappa shape index (κ2) is 9.97. The Morgan fingerprint density at radius 1 is 0.914 bits per heavy atom. The van der Waals surface area contributed by atoms with Crippen LogP contribution >= 0.6 is 0 Å². The molecule has 0 fully saturated rings. The van der Waals surface area contributed by atoms with Crippen molar-refractivity contribution in [3.63, 3.8) is 0 Å². The number of carbonyl (C=O) groups excluding carboxylic acids is 1. The van der Waals surface area contributed by atoms with Crippen LogP contribution in [-0.2, 0) is 18.1 Å². The zero-order chi connectivity index (χ0) is 25.9. The Bertz CT molecular complexity index is 1170. The molecule has 0 aliphatic heterocycles. The van der Waals surface area contributed by atoms with Gasteiger partial charge in [-0.15, -0.1) is 0 Å². The van der Waals surface area contributed by atoms with Crippen LogP contribution < -0.4 is 16.1 Å². The summed E-state index contributed by atoms with van der Waals surface area (Å²) in [5.74, 6) is -1.26. The van der Waals surface area contributed by atoms with Gasteiger partial charge in [-0.2, -0.15) is 26.3 Å². The van der Waals surface area contributed by atoms with E-state index in [1.54, 1.807) is 35.6 Å². The van der Waals surface area contributed by atoms with Gasteiger partial charge < -0.3 is 10.6 Å². The smallest absolute Gasteiger partial charge is 0.329 e. The summed E-state index contributed by atoms with van der Waals surface area (Å²) in [7, 11) is 5.67. The molecule has 1 atom stereocenters. The van der Waals surface area contributed by atoms with Crippen molar-refractivity contribution in [3.05, 3.63) is 95.1 Å². The summed E-state index contributed by atoms with van der Waals surface area (Å²) in [6, 6.07) is 11.0. The Kier molecular flexibility index (Phi) is 7.42. The summed E-state index contributed by atoms with van der Waals surface area (Å²) >= 11 is 0. The number of amides is 2. The Morgan fingerprint density at radius 2 is 1.57 bits per heavy atom. The molecular formula is C23H17BF7N3O. The summed E-state index contributed by atoms with van der Waals surface area (Å²) in [5.41, 5.74) is -3.16. The molecule has 0 saturated carbocycles. The molecule has 1 heterocycles. The molecule has 35 heavy (non-hydrogen) atoms. The van der Waals surface area contributed by atoms with E-state index in [1.807, 2.05) is 0 Å². The predicted octanol–water partition coefficient (Wildman–Crippen LogP) is 4.38. The zero-order valence-electron chi connectivity index (χ0n) is 17.8. The number of aromatic nitrogens is 1. The molecular weight excluding hydrogens is 478 g/mol. The molecule has 2 amide bonds. The van der Waals surface area contributed by atoms with Crippen LogP contribution in [0.3, 0.4) is 0 Å². The van der Waals surface area contributed by atoms with E-state index in [9.17, 15) is 35.5 Å². The number of rotatable bonds is 6. The Hall–Kier alpha value is -3.57. The molecule has 12 heteroatoms. The van der Waals surface area contributed by atoms with Crippen molar-refractivity contribution in [2.24, 2.45) is 0 Å². The van der Waals surface area contributed by atoms with Gasteiger partial charge in [0.15, 0.2) is 0 Å². The van der Waals surface area contributed by atoms with E-state index in [0.717, 1.165) is 12.3 Å². The maximum Gasteiger partial charge on any atom is 0.416 e. The second-order valence-electron chi connectivity index (χ2n) is 7.69. The fourth-order valence-corrected chi connectivity index (χ4v) is 3.50. The first-order chi connectivity index (χ1) is 16.3. The van der Waals surface area contributed by atoms with Crippen LogP contribution in [0.15, 0.2) is 66.9 Å². The highest BCUT2D eigenvalue weighted by Crippen LogP contribution is 2.37. The van der Waals surface area contributed by atoms with E-state index in [-0.39, 0.29) is 29.2 Å². The molecule has 0 bridgehead atoms. The van der Waals surface area contributed by atoms with Crippen LogP contribution in [0.25, 0.3) is 0 Å². The highest BCUT2D eigenvalue weighted by atomic mass is 19.4. The van der Waals surface area contributed by atoms with Crippen LogP contribution in [0.4, 0.5) is 35.5 Å². The molecule has 2 radical (unpaired) electrons. The number of hydrogen-bond donors (Lipinski definition) is 2. The van der Waals surface area contributed by atoms with Gasteiger partial charge >= 0.3 is 18.4 Å². The molecule has 0 aliphatic rings. The molecule has 4 nitrogen and oxygen atoms in total. The Balaban J connectivity index is 2.24. The molecule has 182 valence electrons. The first kappa shape index (κ1) is 26.0. The summed E-state index contributed by atoms with van der Waals surface area (Å²) in [6.45, 7) is -1.70. The van der Waals surface area contributed by atoms with Gasteiger partial charge in [0, 0.05) is 12.6 Å². The summed E-state index contributed by atoms with van der Waals surface area (Å²) in [5, 5.41) is 3.95. The number of alkyl halides is 6. The van der Waals surface area contributed by atoms with Gasteiger partial charge in [0.2, 0.25) is 0 Å². The molecule has 3 rings (SSSR count). The van der Waals surface area contributed by atoms with Gasteiger partial charge in [0.1, 0.15) is 25.7 Å². The average molecular weight is 495 g/mol. The Morgan fingerprint density at radius 3 is 2.14 bits per heavy atom. The first-order valence-electron chi connectivity index (χ1n) is 10.1. The third-order valence-corrected chi connectivity index (χ3v) is 5.03. The van der Waals surface area contributed by atoms with Crippen molar-refractivity contribution in [3.8, 4) is 0 Å². The van der Waals surface area contributed by atoms with E-state index in [1.165, 1.54) is 12.1 Å². The van der Waals surface area contributed by atoms with Gasteiger partial charge in [0.25, 0.3) is 0 Å². The van der Waals surface area contributed by atoms with Crippen molar-refractivity contribution in [1.82, 2.24) is 15.6 Å². The zero-order valence-corrected chi connectivity index (χ0v) is 17.8. The quantitative estimate of drug-likeness (QED) is 0.394. The van der Waals surface area contributed by atoms with E-state index < -0.39 is 41.8 Å². The van der Waals surface area contributed by atoms with E-state index >= 15 is 0 Å². The van der Waals surface area contributed by atoms with E-state index in [0.29, 0.717) is 11.6 Å². The Labute approximate surface area is 197 Å². The van der Waals surface area contributed by atoms with Crippen LogP contribution in [0.5, 0.6) is 0 Å². The lowest BCUT2D eigenvalue weighted by Gasteiger charge is -2.36. The molecule has 1 aromatic heterocycles. The van der Waals surface area contributed by atoms with Crippen LogP contribution in [0, 0.1) is 5.82 Å². The standard InChI is InChI=1S/C23H17BF7N3O/c24-17-6-7-19(32-12-17)21(11-14-4-2-1-3-5-14,34-20(35)33-13-22(26,27)28)15-8-16(23(29,30)31)10-18(25)9-15/h1-10,12H,11,13H2,(H2,33,34,35). The maximum absolute atomic E-state index is 14.4. The fraction of sp³-hybridized carbons (Fsp3) is 0.217. The number of halogens is 7. The number of urea groups is 1. The number of carbonyl (C=O) groups is 1. The highest BCUT2D eigenvalue weighted by Gasteiger charge is 2.41. The number of nitrogens with zero attached hydrogens (tertiary/aromatic N) is 1. The molecule has 2 aromatic carbocycles. The number of benzene rings is 2. The van der Waals surface area contributed by atoms with Crippen LogP contribution in [0.1, 0.15) is 22.4 Å². The van der Waals surface area contributed by atoms with Crippen molar-refractivity contribution < 1.29 is 35.5 Å². The van der Waals surface area contributed by atoms with Crippen LogP contribution in [0.2, 0.25) is 0 Å². The molecule has 0 aliphatic carbocycles. The lowest BCUT2D eigenvalue weighted by Crippen LogP contribution is -2.54. The number of nitrogens with one attached hydrogen (secondary N) is 2. The van der Waals surface area contributed by atoms with Gasteiger partial charge in [-0.25, -0.2) is 9.18 Å². The lowest BCUT2D eigenvalue weighted by molar-refractivity contribution is -0.137. The topological polar surface area (TPSA) is 54.0 Å². The van der Waals surface area contributed by atoms with Gasteiger partial charge in [0.05, 0.1) is 11.3 Å². The lowest BCUT2D eigenvalue weighted by atomic mass is 9.79. The van der Waals surface area contributed by atoms with E-state index in [2.05, 4.69) is 10.3 Å². The number of hydrogen-bond acceptors (Lipinski definition) is 2. The monoisotopic (exact) mass is 495 g/mol. The molecule has 3 aromatic rings.